The van der Waals surface area contributed by atoms with E-state index in [1.54, 1.807) is 7.11 Å². The molecule has 0 unspecified atom stereocenters. The minimum atomic E-state index is 0.589. The predicted molar refractivity (Wildman–Crippen MR) is 68.0 cm³/mol. The summed E-state index contributed by atoms with van der Waals surface area (Å²) in [5, 5.41) is 0. The Morgan fingerprint density at radius 3 is 2.80 bits per heavy atom. The van der Waals surface area contributed by atoms with Crippen molar-refractivity contribution in [2.45, 2.75) is 13.3 Å². The van der Waals surface area contributed by atoms with Crippen molar-refractivity contribution < 1.29 is 4.74 Å². The molecule has 0 radical (unpaired) electrons. The minimum absolute atomic E-state index is 0.589. The molecule has 2 nitrogen and oxygen atoms in total. The zero-order valence-electron chi connectivity index (χ0n) is 9.09. The first kappa shape index (κ1) is 12.3. The largest absolute Gasteiger partial charge is 0.496 e. The maximum absolute atomic E-state index is 5.64. The van der Waals surface area contributed by atoms with Gasteiger partial charge in [-0.2, -0.15) is 0 Å². The first-order chi connectivity index (χ1) is 7.21. The third-order valence-electron chi connectivity index (χ3n) is 2.27. The first-order valence-electron chi connectivity index (χ1n) is 4.94. The van der Waals surface area contributed by atoms with E-state index in [4.69, 9.17) is 10.5 Å². The topological polar surface area (TPSA) is 35.2 Å². The maximum atomic E-state index is 5.64. The first-order valence-corrected chi connectivity index (χ1v) is 5.73. The Kier molecular flexibility index (Phi) is 4.85. The fourth-order valence-corrected chi connectivity index (χ4v) is 1.72. The Bertz CT molecular complexity index is 355. The van der Waals surface area contributed by atoms with Crippen LogP contribution in [0, 0.1) is 0 Å². The summed E-state index contributed by atoms with van der Waals surface area (Å²) >= 11 is 3.44. The molecule has 82 valence electrons. The average Bonchev–Trinajstić information content (AvgIpc) is 2.26. The zero-order valence-corrected chi connectivity index (χ0v) is 10.7. The highest BCUT2D eigenvalue weighted by Gasteiger charge is 2.01. The molecule has 0 heterocycles. The third kappa shape index (κ3) is 3.36. The molecule has 0 spiro atoms. The van der Waals surface area contributed by atoms with E-state index < -0.39 is 0 Å². The van der Waals surface area contributed by atoms with E-state index in [2.05, 4.69) is 28.9 Å². The standard InChI is InChI=1S/C12H16BrNO/c1-3-9(8-14)6-10-7-11(13)4-5-12(10)15-2/h4-7H,3,8,14H2,1-2H3. The van der Waals surface area contributed by atoms with Gasteiger partial charge in [-0.15, -0.1) is 0 Å². The number of halogens is 1. The van der Waals surface area contributed by atoms with Crippen LogP contribution in [0.25, 0.3) is 6.08 Å². The molecule has 0 bridgehead atoms. The van der Waals surface area contributed by atoms with Crippen molar-refractivity contribution >= 4 is 22.0 Å². The van der Waals surface area contributed by atoms with Gasteiger partial charge in [0.2, 0.25) is 0 Å². The van der Waals surface area contributed by atoms with Crippen LogP contribution in [0.3, 0.4) is 0 Å². The van der Waals surface area contributed by atoms with E-state index in [-0.39, 0.29) is 0 Å². The molecule has 2 N–H and O–H groups in total. The van der Waals surface area contributed by atoms with Gasteiger partial charge >= 0.3 is 0 Å². The summed E-state index contributed by atoms with van der Waals surface area (Å²) in [6.07, 6.45) is 3.05. The molecule has 0 aliphatic rings. The van der Waals surface area contributed by atoms with Gasteiger partial charge in [0, 0.05) is 16.6 Å². The van der Waals surface area contributed by atoms with Gasteiger partial charge < -0.3 is 10.5 Å². The summed E-state index contributed by atoms with van der Waals surface area (Å²) in [6, 6.07) is 5.94. The lowest BCUT2D eigenvalue weighted by molar-refractivity contribution is 0.413. The van der Waals surface area contributed by atoms with Crippen molar-refractivity contribution in [3.05, 3.63) is 33.8 Å². The van der Waals surface area contributed by atoms with E-state index >= 15 is 0 Å². The van der Waals surface area contributed by atoms with Crippen molar-refractivity contribution in [2.24, 2.45) is 5.73 Å². The lowest BCUT2D eigenvalue weighted by Gasteiger charge is -2.07. The van der Waals surface area contributed by atoms with E-state index in [0.717, 1.165) is 22.2 Å². The van der Waals surface area contributed by atoms with Crippen LogP contribution in [0.1, 0.15) is 18.9 Å². The molecule has 0 fully saturated rings. The number of hydrogen-bond acceptors (Lipinski definition) is 2. The number of methoxy groups -OCH3 is 1. The highest BCUT2D eigenvalue weighted by molar-refractivity contribution is 9.10. The number of nitrogens with two attached hydrogens (primary N) is 1. The Morgan fingerprint density at radius 2 is 2.27 bits per heavy atom. The highest BCUT2D eigenvalue weighted by atomic mass is 79.9. The lowest BCUT2D eigenvalue weighted by Crippen LogP contribution is -2.02. The second-order valence-electron chi connectivity index (χ2n) is 3.25. The van der Waals surface area contributed by atoms with Crippen LogP contribution in [-0.2, 0) is 0 Å². The van der Waals surface area contributed by atoms with Crippen molar-refractivity contribution in [1.82, 2.24) is 0 Å². The molecule has 1 aromatic carbocycles. The minimum Gasteiger partial charge on any atom is -0.496 e. The summed E-state index contributed by atoms with van der Waals surface area (Å²) < 4.78 is 6.33. The van der Waals surface area contributed by atoms with Crippen LogP contribution in [0.2, 0.25) is 0 Å². The summed E-state index contributed by atoms with van der Waals surface area (Å²) in [5.74, 6) is 0.873. The Balaban J connectivity index is 3.11. The van der Waals surface area contributed by atoms with Crippen LogP contribution >= 0.6 is 15.9 Å². The third-order valence-corrected chi connectivity index (χ3v) is 2.76. The molecular formula is C12H16BrNO. The maximum Gasteiger partial charge on any atom is 0.126 e. The van der Waals surface area contributed by atoms with E-state index in [9.17, 15) is 0 Å². The fraction of sp³-hybridized carbons (Fsp3) is 0.333. The molecule has 15 heavy (non-hydrogen) atoms. The molecule has 0 atom stereocenters. The van der Waals surface area contributed by atoms with Crippen molar-refractivity contribution in [3.63, 3.8) is 0 Å². The Morgan fingerprint density at radius 1 is 1.53 bits per heavy atom. The molecule has 1 aromatic rings. The normalized spacial score (nSPS) is 11.6. The van der Waals surface area contributed by atoms with Crippen LogP contribution in [0.5, 0.6) is 5.75 Å². The molecule has 0 aromatic heterocycles. The van der Waals surface area contributed by atoms with Crippen molar-refractivity contribution in [3.8, 4) is 5.75 Å². The Hall–Kier alpha value is -0.800. The van der Waals surface area contributed by atoms with E-state index in [1.807, 2.05) is 18.2 Å². The fourth-order valence-electron chi connectivity index (χ4n) is 1.34. The van der Waals surface area contributed by atoms with Gasteiger partial charge in [0.05, 0.1) is 7.11 Å². The second-order valence-corrected chi connectivity index (χ2v) is 4.16. The predicted octanol–water partition coefficient (Wildman–Crippen LogP) is 3.21. The summed E-state index contributed by atoms with van der Waals surface area (Å²) in [4.78, 5) is 0. The molecule has 0 saturated heterocycles. The van der Waals surface area contributed by atoms with Crippen molar-refractivity contribution in [2.75, 3.05) is 13.7 Å². The molecule has 0 saturated carbocycles. The van der Waals surface area contributed by atoms with Gasteiger partial charge in [-0.25, -0.2) is 0 Å². The molecule has 0 aliphatic heterocycles. The quantitative estimate of drug-likeness (QED) is 0.911. The summed E-state index contributed by atoms with van der Waals surface area (Å²) in [5.41, 5.74) is 7.92. The smallest absolute Gasteiger partial charge is 0.126 e. The van der Waals surface area contributed by atoms with Gasteiger partial charge in [0.15, 0.2) is 0 Å². The SMILES string of the molecule is CCC(=Cc1cc(Br)ccc1OC)CN. The van der Waals surface area contributed by atoms with Crippen LogP contribution in [-0.4, -0.2) is 13.7 Å². The van der Waals surface area contributed by atoms with Gasteiger partial charge in [0.25, 0.3) is 0 Å². The number of ether oxygens (including phenoxy) is 1. The molecular weight excluding hydrogens is 254 g/mol. The van der Waals surface area contributed by atoms with Crippen molar-refractivity contribution in [1.29, 1.82) is 0 Å². The van der Waals surface area contributed by atoms with Crippen LogP contribution in [0.4, 0.5) is 0 Å². The van der Waals surface area contributed by atoms with Crippen LogP contribution < -0.4 is 10.5 Å². The average molecular weight is 270 g/mol. The summed E-state index contributed by atoms with van der Waals surface area (Å²) in [6.45, 7) is 2.69. The molecule has 0 amide bonds. The molecule has 3 heteroatoms. The number of benzene rings is 1. The highest BCUT2D eigenvalue weighted by Crippen LogP contribution is 2.25. The Labute approximate surface area is 99.3 Å². The number of rotatable bonds is 4. The monoisotopic (exact) mass is 269 g/mol. The van der Waals surface area contributed by atoms with Gasteiger partial charge in [-0.3, -0.25) is 0 Å². The second kappa shape index (κ2) is 5.93. The van der Waals surface area contributed by atoms with E-state index in [0.29, 0.717) is 6.54 Å². The van der Waals surface area contributed by atoms with E-state index in [1.165, 1.54) is 5.57 Å². The van der Waals surface area contributed by atoms with Gasteiger partial charge in [0.1, 0.15) is 5.75 Å². The van der Waals surface area contributed by atoms with Gasteiger partial charge in [-0.05, 0) is 24.6 Å². The lowest BCUT2D eigenvalue weighted by atomic mass is 10.1. The summed E-state index contributed by atoms with van der Waals surface area (Å²) in [7, 11) is 1.68. The molecule has 0 aliphatic carbocycles. The zero-order chi connectivity index (χ0) is 11.3. The van der Waals surface area contributed by atoms with Crippen LogP contribution in [0.15, 0.2) is 28.2 Å². The molecule has 1 rings (SSSR count). The van der Waals surface area contributed by atoms with Gasteiger partial charge in [-0.1, -0.05) is 34.5 Å². The number of hydrogen-bond donors (Lipinski definition) is 1.